The molecule has 1 aromatic carbocycles. The Labute approximate surface area is 151 Å². The highest BCUT2D eigenvalue weighted by molar-refractivity contribution is 6.03. The predicted octanol–water partition coefficient (Wildman–Crippen LogP) is 2.95. The van der Waals surface area contributed by atoms with Crippen molar-refractivity contribution in [1.82, 2.24) is 10.2 Å². The van der Waals surface area contributed by atoms with Crippen LogP contribution in [-0.2, 0) is 9.59 Å². The van der Waals surface area contributed by atoms with E-state index in [1.165, 1.54) is 12.8 Å². The molecule has 5 heteroatoms. The minimum atomic E-state index is -0.285. The maximum absolute atomic E-state index is 12.1. The van der Waals surface area contributed by atoms with Crippen molar-refractivity contribution in [2.45, 2.75) is 52.5 Å². The average Bonchev–Trinajstić information content (AvgIpc) is 2.53. The molecule has 5 nitrogen and oxygen atoms in total. The van der Waals surface area contributed by atoms with Gasteiger partial charge in [0.2, 0.25) is 11.8 Å². The highest BCUT2D eigenvalue weighted by Crippen LogP contribution is 2.23. The maximum Gasteiger partial charge on any atom is 0.233 e. The minimum absolute atomic E-state index is 0.0944. The van der Waals surface area contributed by atoms with Gasteiger partial charge in [0.25, 0.3) is 0 Å². The van der Waals surface area contributed by atoms with Crippen LogP contribution in [0.4, 0.5) is 5.69 Å². The van der Waals surface area contributed by atoms with Gasteiger partial charge >= 0.3 is 0 Å². The number of likely N-dealkylation sites (tertiary alicyclic amines) is 1. The van der Waals surface area contributed by atoms with E-state index in [9.17, 15) is 9.59 Å². The molecule has 1 aliphatic heterocycles. The van der Waals surface area contributed by atoms with E-state index < -0.39 is 0 Å². The van der Waals surface area contributed by atoms with E-state index in [2.05, 4.69) is 36.3 Å². The predicted molar refractivity (Wildman–Crippen MR) is 101 cm³/mol. The zero-order valence-corrected chi connectivity index (χ0v) is 15.9. The highest BCUT2D eigenvalue weighted by Gasteiger charge is 2.30. The Kier molecular flexibility index (Phi) is 6.59. The third kappa shape index (κ3) is 6.16. The van der Waals surface area contributed by atoms with Gasteiger partial charge in [-0.3, -0.25) is 14.5 Å². The smallest absolute Gasteiger partial charge is 0.233 e. The van der Waals surface area contributed by atoms with Crippen LogP contribution in [0.15, 0.2) is 24.3 Å². The van der Waals surface area contributed by atoms with Gasteiger partial charge in [-0.2, -0.15) is 0 Å². The number of hydrogen-bond acceptors (Lipinski definition) is 3. The lowest BCUT2D eigenvalue weighted by molar-refractivity contribution is -0.127. The molecule has 0 unspecified atom stereocenters. The summed E-state index contributed by atoms with van der Waals surface area (Å²) in [7, 11) is 0. The molecule has 0 saturated carbocycles. The molecule has 0 aromatic heterocycles. The lowest BCUT2D eigenvalue weighted by Crippen LogP contribution is -2.54. The second-order valence-electron chi connectivity index (χ2n) is 7.85. The van der Waals surface area contributed by atoms with Crippen LogP contribution in [0, 0.1) is 12.8 Å². The molecule has 0 spiro atoms. The molecule has 1 saturated heterocycles. The summed E-state index contributed by atoms with van der Waals surface area (Å²) in [6.45, 7) is 11.2. The molecule has 2 amide bonds. The summed E-state index contributed by atoms with van der Waals surface area (Å²) < 4.78 is 0. The Balaban J connectivity index is 1.76. The molecule has 2 rings (SSSR count). The van der Waals surface area contributed by atoms with Crippen LogP contribution in [-0.4, -0.2) is 41.9 Å². The Morgan fingerprint density at radius 2 is 1.88 bits per heavy atom. The molecule has 0 radical (unpaired) electrons. The van der Waals surface area contributed by atoms with Crippen molar-refractivity contribution in [3.05, 3.63) is 29.8 Å². The minimum Gasteiger partial charge on any atom is -0.354 e. The van der Waals surface area contributed by atoms with Gasteiger partial charge in [0.15, 0.2) is 0 Å². The van der Waals surface area contributed by atoms with Crippen molar-refractivity contribution in [3.8, 4) is 0 Å². The summed E-state index contributed by atoms with van der Waals surface area (Å²) in [5.74, 6) is 0.267. The lowest BCUT2D eigenvalue weighted by atomic mass is 9.93. The Bertz CT molecular complexity index is 605. The van der Waals surface area contributed by atoms with Gasteiger partial charge < -0.3 is 10.6 Å². The van der Waals surface area contributed by atoms with Gasteiger partial charge in [0, 0.05) is 17.8 Å². The van der Waals surface area contributed by atoms with Crippen LogP contribution in [0.25, 0.3) is 0 Å². The number of nitrogens with zero attached hydrogens (tertiary/aromatic N) is 1. The average molecular weight is 345 g/mol. The van der Waals surface area contributed by atoms with Crippen molar-refractivity contribution in [1.29, 1.82) is 0 Å². The highest BCUT2D eigenvalue weighted by atomic mass is 16.2. The number of hydrogen-bond donors (Lipinski definition) is 2. The Morgan fingerprint density at radius 1 is 1.20 bits per heavy atom. The molecular weight excluding hydrogens is 314 g/mol. The number of anilines is 1. The van der Waals surface area contributed by atoms with Crippen molar-refractivity contribution in [2.75, 3.05) is 25.0 Å². The molecule has 138 valence electrons. The lowest BCUT2D eigenvalue weighted by Gasteiger charge is -2.42. The second kappa shape index (κ2) is 8.48. The topological polar surface area (TPSA) is 61.4 Å². The fraction of sp³-hybridized carbons (Fsp3) is 0.600. The van der Waals surface area contributed by atoms with Crippen molar-refractivity contribution < 1.29 is 9.59 Å². The summed E-state index contributed by atoms with van der Waals surface area (Å²) >= 11 is 0. The molecular formula is C20H31N3O2. The number of rotatable bonds is 6. The normalized spacial score (nSPS) is 16.5. The number of carbonyl (C=O) groups excluding carboxylic acids is 2. The van der Waals surface area contributed by atoms with E-state index in [-0.39, 0.29) is 23.8 Å². The number of aryl methyl sites for hydroxylation is 1. The van der Waals surface area contributed by atoms with E-state index >= 15 is 0 Å². The molecule has 2 N–H and O–H groups in total. The fourth-order valence-corrected chi connectivity index (χ4v) is 3.18. The molecule has 25 heavy (non-hydrogen) atoms. The van der Waals surface area contributed by atoms with Gasteiger partial charge in [-0.25, -0.2) is 0 Å². The molecule has 1 fully saturated rings. The maximum atomic E-state index is 12.1. The van der Waals surface area contributed by atoms with Gasteiger partial charge in [-0.1, -0.05) is 19.1 Å². The zero-order valence-electron chi connectivity index (χ0n) is 15.9. The van der Waals surface area contributed by atoms with Crippen LogP contribution in [0.1, 0.15) is 45.6 Å². The van der Waals surface area contributed by atoms with Crippen LogP contribution in [0.5, 0.6) is 0 Å². The van der Waals surface area contributed by atoms with Crippen molar-refractivity contribution in [2.24, 2.45) is 5.92 Å². The quantitative estimate of drug-likeness (QED) is 0.779. The summed E-state index contributed by atoms with van der Waals surface area (Å²) in [4.78, 5) is 26.5. The third-order valence-electron chi connectivity index (χ3n) is 4.98. The number of piperidine rings is 1. The SMILES string of the molecule is Cc1cccc(NC(=O)CC(=O)NCC(C)(C)N2CCC(C)CC2)c1. The Hall–Kier alpha value is -1.88. The first-order valence-corrected chi connectivity index (χ1v) is 9.14. The second-order valence-corrected chi connectivity index (χ2v) is 7.85. The monoisotopic (exact) mass is 345 g/mol. The molecule has 1 aromatic rings. The van der Waals surface area contributed by atoms with Gasteiger partial charge in [-0.15, -0.1) is 0 Å². The first kappa shape index (κ1) is 19.4. The van der Waals surface area contributed by atoms with Crippen LogP contribution in [0.3, 0.4) is 0 Å². The molecule has 1 aliphatic rings. The largest absolute Gasteiger partial charge is 0.354 e. The molecule has 0 atom stereocenters. The van der Waals surface area contributed by atoms with Crippen molar-refractivity contribution >= 4 is 17.5 Å². The summed E-state index contributed by atoms with van der Waals surface area (Å²) in [6.07, 6.45) is 2.26. The summed E-state index contributed by atoms with van der Waals surface area (Å²) in [6, 6.07) is 7.55. The van der Waals surface area contributed by atoms with Gasteiger partial charge in [-0.05, 0) is 70.3 Å². The number of amides is 2. The molecule has 1 heterocycles. The first-order chi connectivity index (χ1) is 11.8. The van der Waals surface area contributed by atoms with Gasteiger partial charge in [0.1, 0.15) is 6.42 Å². The van der Waals surface area contributed by atoms with E-state index in [0.29, 0.717) is 6.54 Å². The standard InChI is InChI=1S/C20H31N3O2/c1-15-8-10-23(11-9-15)20(3,4)14-21-18(24)13-19(25)22-17-7-5-6-16(2)12-17/h5-7,12,15H,8-11,13-14H2,1-4H3,(H,21,24)(H,22,25). The van der Waals surface area contributed by atoms with Crippen molar-refractivity contribution in [3.63, 3.8) is 0 Å². The Morgan fingerprint density at radius 3 is 2.52 bits per heavy atom. The van der Waals surface area contributed by atoms with Crippen LogP contribution in [0.2, 0.25) is 0 Å². The van der Waals surface area contributed by atoms with E-state index in [1.54, 1.807) is 0 Å². The molecule has 0 bridgehead atoms. The number of nitrogens with one attached hydrogen (secondary N) is 2. The first-order valence-electron chi connectivity index (χ1n) is 9.14. The van der Waals surface area contributed by atoms with Gasteiger partial charge in [0.05, 0.1) is 0 Å². The fourth-order valence-electron chi connectivity index (χ4n) is 3.18. The van der Waals surface area contributed by atoms with E-state index in [1.807, 2.05) is 31.2 Å². The number of benzene rings is 1. The molecule has 0 aliphatic carbocycles. The van der Waals surface area contributed by atoms with E-state index in [0.717, 1.165) is 30.3 Å². The third-order valence-corrected chi connectivity index (χ3v) is 4.98. The van der Waals surface area contributed by atoms with Crippen LogP contribution >= 0.6 is 0 Å². The summed E-state index contributed by atoms with van der Waals surface area (Å²) in [5.41, 5.74) is 1.70. The zero-order chi connectivity index (χ0) is 18.4. The van der Waals surface area contributed by atoms with Crippen LogP contribution < -0.4 is 10.6 Å². The van der Waals surface area contributed by atoms with E-state index in [4.69, 9.17) is 0 Å². The summed E-state index contributed by atoms with van der Waals surface area (Å²) in [5, 5.41) is 5.69. The number of carbonyl (C=O) groups is 2.